The van der Waals surface area contributed by atoms with E-state index in [-0.39, 0.29) is 35.5 Å². The highest BCUT2D eigenvalue weighted by Crippen LogP contribution is 2.27. The van der Waals surface area contributed by atoms with Crippen LogP contribution < -0.4 is 0 Å². The molecule has 42 heavy (non-hydrogen) atoms. The Morgan fingerprint density at radius 2 is 0.881 bits per heavy atom. The average molecular weight is 585 g/mol. The molecule has 0 heterocycles. The lowest BCUT2D eigenvalue weighted by atomic mass is 9.84. The Hall–Kier alpha value is -3.68. The third-order valence-corrected chi connectivity index (χ3v) is 6.10. The molecule has 8 heteroatoms. The van der Waals surface area contributed by atoms with Crippen molar-refractivity contribution in [3.8, 4) is 0 Å². The molecule has 0 fully saturated rings. The Bertz CT molecular complexity index is 1090. The van der Waals surface area contributed by atoms with Crippen molar-refractivity contribution in [1.82, 2.24) is 0 Å². The summed E-state index contributed by atoms with van der Waals surface area (Å²) in [7, 11) is 0. The lowest BCUT2D eigenvalue weighted by Gasteiger charge is -2.22. The molecule has 0 saturated carbocycles. The van der Waals surface area contributed by atoms with Gasteiger partial charge in [0, 0.05) is 0 Å². The third kappa shape index (κ3) is 15.4. The molecule has 0 aromatic heterocycles. The number of rotatable bonds is 8. The van der Waals surface area contributed by atoms with Gasteiger partial charge in [-0.2, -0.15) is 0 Å². The van der Waals surface area contributed by atoms with Crippen molar-refractivity contribution in [2.45, 2.75) is 94.9 Å². The summed E-state index contributed by atoms with van der Waals surface area (Å²) in [6.07, 6.45) is 2.36. The van der Waals surface area contributed by atoms with Crippen LogP contribution in [0.15, 0.2) is 48.5 Å². The first-order valence-electron chi connectivity index (χ1n) is 14.3. The van der Waals surface area contributed by atoms with Gasteiger partial charge in [-0.1, -0.05) is 91.8 Å². The van der Waals surface area contributed by atoms with E-state index in [4.69, 9.17) is 0 Å². The first-order valence-corrected chi connectivity index (χ1v) is 14.3. The second kappa shape index (κ2) is 16.7. The number of hydrogen-bond acceptors (Lipinski definition) is 8. The molecule has 0 amide bonds. The predicted molar refractivity (Wildman–Crippen MR) is 161 cm³/mol. The van der Waals surface area contributed by atoms with E-state index < -0.39 is 23.9 Å². The van der Waals surface area contributed by atoms with Crippen molar-refractivity contribution in [3.05, 3.63) is 70.8 Å². The van der Waals surface area contributed by atoms with E-state index in [1.54, 1.807) is 50.2 Å². The van der Waals surface area contributed by atoms with Crippen molar-refractivity contribution in [1.29, 1.82) is 0 Å². The van der Waals surface area contributed by atoms with Gasteiger partial charge in [-0.25, -0.2) is 38.7 Å². The number of hydrogen-bond donors (Lipinski definition) is 0. The zero-order valence-corrected chi connectivity index (χ0v) is 26.9. The maximum Gasteiger partial charge on any atom is 0.386 e. The molecule has 0 aliphatic carbocycles. The molecule has 0 spiro atoms. The van der Waals surface area contributed by atoms with Gasteiger partial charge in [0.1, 0.15) is 0 Å². The molecule has 0 aliphatic heterocycles. The highest BCUT2D eigenvalue weighted by molar-refractivity contribution is 5.93. The van der Waals surface area contributed by atoms with Crippen LogP contribution >= 0.6 is 0 Å². The largest absolute Gasteiger partial charge is 0.386 e. The molecule has 2 atom stereocenters. The van der Waals surface area contributed by atoms with Crippen LogP contribution in [0.25, 0.3) is 0 Å². The van der Waals surface area contributed by atoms with Crippen LogP contribution in [-0.2, 0) is 29.1 Å². The smallest absolute Gasteiger partial charge is 0.247 e. The predicted octanol–water partition coefficient (Wildman–Crippen LogP) is 8.14. The fourth-order valence-corrected chi connectivity index (χ4v) is 4.73. The normalized spacial score (nSPS) is 12.6. The van der Waals surface area contributed by atoms with Crippen LogP contribution in [-0.4, -0.2) is 23.9 Å². The van der Waals surface area contributed by atoms with E-state index in [1.165, 1.54) is 0 Å². The summed E-state index contributed by atoms with van der Waals surface area (Å²) in [6.45, 7) is 20.3. The fourth-order valence-electron chi connectivity index (χ4n) is 4.73. The standard InChI is InChI=1S/C18H34O4.C16H14O4/c1-13(11-17(3,4)5)9-15(19)21-22-16(20)10-14(2)12-18(6,7)8;1-11-7-3-5-9-13(11)15(17)19-20-16(18)14-10-6-4-8-12(14)2/h13-14H,9-12H2,1-8H3;3-10H,1-2H3. The number of carbonyl (C=O) groups is 4. The van der Waals surface area contributed by atoms with Gasteiger partial charge in [0.05, 0.1) is 24.0 Å². The molecular weight excluding hydrogens is 536 g/mol. The second-order valence-corrected chi connectivity index (χ2v) is 13.4. The number of aryl methyl sites for hydroxylation is 2. The quantitative estimate of drug-likeness (QED) is 0.226. The lowest BCUT2D eigenvalue weighted by Crippen LogP contribution is -2.19. The van der Waals surface area contributed by atoms with Crippen LogP contribution in [0.5, 0.6) is 0 Å². The van der Waals surface area contributed by atoms with Crippen molar-refractivity contribution in [2.24, 2.45) is 22.7 Å². The molecule has 2 rings (SSSR count). The number of carbonyl (C=O) groups excluding carboxylic acids is 4. The first-order chi connectivity index (χ1) is 19.4. The van der Waals surface area contributed by atoms with Crippen LogP contribution in [0.1, 0.15) is 113 Å². The summed E-state index contributed by atoms with van der Waals surface area (Å²) in [5.74, 6) is -1.94. The summed E-state index contributed by atoms with van der Waals surface area (Å²) in [5, 5.41) is 0. The fraction of sp³-hybridized carbons (Fsp3) is 0.529. The Morgan fingerprint density at radius 1 is 0.571 bits per heavy atom. The van der Waals surface area contributed by atoms with Gasteiger partial charge in [-0.3, -0.25) is 0 Å². The first kappa shape index (κ1) is 36.3. The van der Waals surface area contributed by atoms with E-state index in [1.807, 2.05) is 26.0 Å². The topological polar surface area (TPSA) is 105 Å². The zero-order chi connectivity index (χ0) is 32.1. The minimum Gasteiger partial charge on any atom is -0.247 e. The Morgan fingerprint density at radius 3 is 1.17 bits per heavy atom. The molecule has 2 aromatic rings. The van der Waals surface area contributed by atoms with Gasteiger partial charge in [-0.15, -0.1) is 0 Å². The second-order valence-electron chi connectivity index (χ2n) is 13.4. The highest BCUT2D eigenvalue weighted by Gasteiger charge is 2.22. The van der Waals surface area contributed by atoms with Crippen LogP contribution in [0.4, 0.5) is 0 Å². The Kier molecular flexibility index (Phi) is 14.4. The molecule has 0 saturated heterocycles. The van der Waals surface area contributed by atoms with Crippen LogP contribution in [0.3, 0.4) is 0 Å². The van der Waals surface area contributed by atoms with E-state index in [0.717, 1.165) is 24.0 Å². The van der Waals surface area contributed by atoms with Gasteiger partial charge >= 0.3 is 23.9 Å². The molecule has 2 aromatic carbocycles. The Balaban J connectivity index is 0.000000421. The molecule has 0 aliphatic rings. The average Bonchev–Trinajstić information content (AvgIpc) is 2.84. The summed E-state index contributed by atoms with van der Waals surface area (Å²) in [5.41, 5.74) is 2.57. The highest BCUT2D eigenvalue weighted by atomic mass is 17.2. The van der Waals surface area contributed by atoms with Crippen molar-refractivity contribution >= 4 is 23.9 Å². The lowest BCUT2D eigenvalue weighted by molar-refractivity contribution is -0.260. The van der Waals surface area contributed by atoms with Crippen LogP contribution in [0, 0.1) is 36.5 Å². The minimum atomic E-state index is -0.690. The molecule has 0 N–H and O–H groups in total. The molecular formula is C34H48O8. The van der Waals surface area contributed by atoms with Gasteiger partial charge in [0.25, 0.3) is 0 Å². The summed E-state index contributed by atoms with van der Waals surface area (Å²) in [6, 6.07) is 13.8. The molecule has 0 radical (unpaired) electrons. The summed E-state index contributed by atoms with van der Waals surface area (Å²) < 4.78 is 0. The minimum absolute atomic E-state index is 0.165. The van der Waals surface area contributed by atoms with Crippen molar-refractivity contribution in [3.63, 3.8) is 0 Å². The molecule has 232 valence electrons. The zero-order valence-electron chi connectivity index (χ0n) is 26.9. The van der Waals surface area contributed by atoms with E-state index in [9.17, 15) is 19.2 Å². The van der Waals surface area contributed by atoms with Gasteiger partial charge < -0.3 is 0 Å². The molecule has 8 nitrogen and oxygen atoms in total. The van der Waals surface area contributed by atoms with E-state index >= 15 is 0 Å². The molecule has 0 bridgehead atoms. The van der Waals surface area contributed by atoms with Gasteiger partial charge in [0.15, 0.2) is 0 Å². The third-order valence-electron chi connectivity index (χ3n) is 6.10. The van der Waals surface area contributed by atoms with E-state index in [2.05, 4.69) is 61.1 Å². The van der Waals surface area contributed by atoms with E-state index in [0.29, 0.717) is 11.1 Å². The maximum absolute atomic E-state index is 11.8. The maximum atomic E-state index is 11.8. The monoisotopic (exact) mass is 584 g/mol. The number of benzene rings is 2. The van der Waals surface area contributed by atoms with Gasteiger partial charge in [-0.05, 0) is 72.6 Å². The Labute approximate surface area is 250 Å². The van der Waals surface area contributed by atoms with Gasteiger partial charge in [0.2, 0.25) is 0 Å². The molecule has 2 unspecified atom stereocenters. The van der Waals surface area contributed by atoms with Crippen molar-refractivity contribution in [2.75, 3.05) is 0 Å². The summed E-state index contributed by atoms with van der Waals surface area (Å²) >= 11 is 0. The SMILES string of the molecule is CC(CC(=O)OOC(=O)CC(C)CC(C)(C)C)CC(C)(C)C.Cc1ccccc1C(=O)OOC(=O)c1ccccc1C. The van der Waals surface area contributed by atoms with Crippen molar-refractivity contribution < 1.29 is 38.7 Å². The van der Waals surface area contributed by atoms with Crippen LogP contribution in [0.2, 0.25) is 0 Å². The summed E-state index contributed by atoms with van der Waals surface area (Å²) in [4.78, 5) is 65.3.